The summed E-state index contributed by atoms with van der Waals surface area (Å²) in [7, 11) is -2.98. The van der Waals surface area contributed by atoms with E-state index in [2.05, 4.69) is 4.98 Å². The Morgan fingerprint density at radius 2 is 2.00 bits per heavy atom. The van der Waals surface area contributed by atoms with Crippen LogP contribution in [0.5, 0.6) is 10.9 Å². The molecule has 0 saturated carbocycles. The Morgan fingerprint density at radius 1 is 1.31 bits per heavy atom. The molecule has 2 fully saturated rings. The molecule has 26 heavy (non-hydrogen) atoms. The van der Waals surface area contributed by atoms with Gasteiger partial charge in [0.1, 0.15) is 0 Å². The van der Waals surface area contributed by atoms with E-state index in [4.69, 9.17) is 9.26 Å². The van der Waals surface area contributed by atoms with Crippen molar-refractivity contribution in [3.8, 4) is 10.9 Å². The van der Waals surface area contributed by atoms with E-state index in [9.17, 15) is 14.7 Å². The third-order valence-corrected chi connectivity index (χ3v) is 7.58. The van der Waals surface area contributed by atoms with Gasteiger partial charge in [0.2, 0.25) is 5.75 Å². The van der Waals surface area contributed by atoms with Gasteiger partial charge in [0.05, 0.1) is 11.0 Å². The van der Waals surface area contributed by atoms with E-state index < -0.39 is 18.7 Å². The first-order valence-corrected chi connectivity index (χ1v) is 10.5. The Balaban J connectivity index is 1.59. The predicted molar refractivity (Wildman–Crippen MR) is 95.5 cm³/mol. The van der Waals surface area contributed by atoms with Gasteiger partial charge in [-0.3, -0.25) is 19.2 Å². The summed E-state index contributed by atoms with van der Waals surface area (Å²) in [5.74, 6) is 0.0891. The molecule has 1 unspecified atom stereocenters. The van der Waals surface area contributed by atoms with E-state index in [0.717, 1.165) is 26.2 Å². The zero-order chi connectivity index (χ0) is 18.3. The fourth-order valence-corrected chi connectivity index (χ4v) is 5.39. The van der Waals surface area contributed by atoms with E-state index in [1.807, 2.05) is 9.34 Å². The van der Waals surface area contributed by atoms with E-state index in [0.29, 0.717) is 10.8 Å². The standard InChI is InChI=1S/C15H17N4O5PS/c1-11(24-25(22,17-5-6-17)18-7-8-18)12-2-3-13(19(20)21)14(10-12)23-15-16-4-9-26-15/h2-4,9-11H,5-8H2,1H3. The van der Waals surface area contributed by atoms with Gasteiger partial charge in [-0.1, -0.05) is 11.3 Å². The summed E-state index contributed by atoms with van der Waals surface area (Å²) in [6.45, 7) is 4.84. The summed E-state index contributed by atoms with van der Waals surface area (Å²) in [4.78, 5) is 14.8. The highest BCUT2D eigenvalue weighted by Gasteiger charge is 2.50. The van der Waals surface area contributed by atoms with Crippen LogP contribution in [-0.2, 0) is 9.09 Å². The maximum atomic E-state index is 13.1. The average molecular weight is 396 g/mol. The Morgan fingerprint density at radius 3 is 2.54 bits per heavy atom. The lowest BCUT2D eigenvalue weighted by Crippen LogP contribution is -2.10. The molecule has 2 aromatic rings. The van der Waals surface area contributed by atoms with Gasteiger partial charge < -0.3 is 4.74 Å². The van der Waals surface area contributed by atoms with Crippen LogP contribution < -0.4 is 4.74 Å². The van der Waals surface area contributed by atoms with Crippen LogP contribution in [0.3, 0.4) is 0 Å². The van der Waals surface area contributed by atoms with Crippen LogP contribution in [0.25, 0.3) is 0 Å². The number of hydrogen-bond acceptors (Lipinski definition) is 7. The Hall–Kier alpha value is -1.84. The molecule has 2 saturated heterocycles. The molecule has 1 aromatic carbocycles. The maximum Gasteiger partial charge on any atom is 0.346 e. The lowest BCUT2D eigenvalue weighted by atomic mass is 10.1. The molecule has 1 atom stereocenters. The number of nitrogens with zero attached hydrogens (tertiary/aromatic N) is 4. The van der Waals surface area contributed by atoms with E-state index >= 15 is 0 Å². The van der Waals surface area contributed by atoms with Crippen molar-refractivity contribution in [2.45, 2.75) is 13.0 Å². The monoisotopic (exact) mass is 396 g/mol. The normalized spacial score (nSPS) is 18.5. The minimum Gasteiger partial charge on any atom is -0.424 e. The van der Waals surface area contributed by atoms with Crippen molar-refractivity contribution in [2.24, 2.45) is 0 Å². The highest BCUT2D eigenvalue weighted by atomic mass is 32.1. The van der Waals surface area contributed by atoms with Crippen LogP contribution in [0.15, 0.2) is 29.8 Å². The first-order valence-electron chi connectivity index (χ1n) is 8.12. The minimum atomic E-state index is -2.98. The Kier molecular flexibility index (Phi) is 4.54. The molecule has 0 bridgehead atoms. The van der Waals surface area contributed by atoms with Crippen molar-refractivity contribution in [2.75, 3.05) is 26.2 Å². The van der Waals surface area contributed by atoms with Gasteiger partial charge in [0.15, 0.2) is 0 Å². The van der Waals surface area contributed by atoms with Crippen molar-refractivity contribution in [1.82, 2.24) is 14.3 Å². The number of thiazole rings is 1. The van der Waals surface area contributed by atoms with Crippen LogP contribution >= 0.6 is 19.0 Å². The molecule has 9 nitrogen and oxygen atoms in total. The molecule has 2 aliphatic heterocycles. The van der Waals surface area contributed by atoms with Crippen molar-refractivity contribution in [1.29, 1.82) is 0 Å². The second kappa shape index (κ2) is 6.71. The van der Waals surface area contributed by atoms with Gasteiger partial charge >= 0.3 is 13.4 Å². The Bertz CT molecular complexity index is 853. The fraction of sp³-hybridized carbons (Fsp3) is 0.400. The molecular formula is C15H17N4O5PS. The number of aromatic nitrogens is 1. The number of hydrogen-bond donors (Lipinski definition) is 0. The van der Waals surface area contributed by atoms with Gasteiger partial charge in [0, 0.05) is 43.8 Å². The van der Waals surface area contributed by atoms with Crippen molar-refractivity contribution in [3.63, 3.8) is 0 Å². The molecule has 3 heterocycles. The molecule has 0 radical (unpaired) electrons. The second-order valence-corrected chi connectivity index (χ2v) is 9.21. The SMILES string of the molecule is CC(OP(=O)(N1CC1)N1CC1)c1ccc([N+](=O)[O-])c(Oc2nccs2)c1. The van der Waals surface area contributed by atoms with Crippen LogP contribution in [0, 0.1) is 10.1 Å². The van der Waals surface area contributed by atoms with E-state index in [-0.39, 0.29) is 11.4 Å². The minimum absolute atomic E-state index is 0.0891. The molecule has 11 heteroatoms. The Labute approximate surface area is 153 Å². The summed E-state index contributed by atoms with van der Waals surface area (Å²) in [5.41, 5.74) is 0.502. The molecule has 0 N–H and O–H groups in total. The highest BCUT2D eigenvalue weighted by Crippen LogP contribution is 2.63. The molecule has 4 rings (SSSR count). The third kappa shape index (κ3) is 3.51. The smallest absolute Gasteiger partial charge is 0.346 e. The molecule has 0 amide bonds. The van der Waals surface area contributed by atoms with Crippen LogP contribution in [0.1, 0.15) is 18.6 Å². The fourth-order valence-electron chi connectivity index (χ4n) is 2.54. The predicted octanol–water partition coefficient (Wildman–Crippen LogP) is 3.66. The number of nitro benzene ring substituents is 1. The number of benzene rings is 1. The number of ether oxygens (including phenoxy) is 1. The summed E-state index contributed by atoms with van der Waals surface area (Å²) >= 11 is 1.24. The average Bonchev–Trinajstić information content (AvgIpc) is 3.52. The van der Waals surface area contributed by atoms with E-state index in [1.54, 1.807) is 30.6 Å². The summed E-state index contributed by atoms with van der Waals surface area (Å²) in [6, 6.07) is 4.53. The van der Waals surface area contributed by atoms with Gasteiger partial charge in [-0.25, -0.2) is 14.3 Å². The van der Waals surface area contributed by atoms with E-state index in [1.165, 1.54) is 17.4 Å². The zero-order valence-electron chi connectivity index (χ0n) is 14.0. The number of rotatable bonds is 8. The van der Waals surface area contributed by atoms with Crippen molar-refractivity contribution < 1.29 is 18.7 Å². The summed E-state index contributed by atoms with van der Waals surface area (Å²) in [5, 5.41) is 13.3. The van der Waals surface area contributed by atoms with Crippen molar-refractivity contribution >= 4 is 24.7 Å². The molecule has 138 valence electrons. The second-order valence-electron chi connectivity index (χ2n) is 6.03. The molecule has 2 aliphatic rings. The van der Waals surface area contributed by atoms with Crippen molar-refractivity contribution in [3.05, 3.63) is 45.5 Å². The molecule has 1 aromatic heterocycles. The third-order valence-electron chi connectivity index (χ3n) is 4.11. The molecule has 0 spiro atoms. The summed E-state index contributed by atoms with van der Waals surface area (Å²) in [6.07, 6.45) is 1.06. The lowest BCUT2D eigenvalue weighted by molar-refractivity contribution is -0.385. The molecular weight excluding hydrogens is 379 g/mol. The first kappa shape index (κ1) is 17.6. The largest absolute Gasteiger partial charge is 0.424 e. The molecule has 0 aliphatic carbocycles. The summed E-state index contributed by atoms with van der Waals surface area (Å²) < 4.78 is 28.3. The van der Waals surface area contributed by atoms with Gasteiger partial charge in [-0.2, -0.15) is 0 Å². The van der Waals surface area contributed by atoms with Crippen LogP contribution in [0.4, 0.5) is 5.69 Å². The maximum absolute atomic E-state index is 13.1. The highest BCUT2D eigenvalue weighted by molar-refractivity contribution is 7.54. The topological polar surface area (TPSA) is 97.6 Å². The van der Waals surface area contributed by atoms with Gasteiger partial charge in [-0.05, 0) is 24.6 Å². The van der Waals surface area contributed by atoms with Gasteiger partial charge in [-0.15, -0.1) is 0 Å². The zero-order valence-corrected chi connectivity index (χ0v) is 15.7. The first-order chi connectivity index (χ1) is 12.5. The van der Waals surface area contributed by atoms with Gasteiger partial charge in [0.25, 0.3) is 5.19 Å². The van der Waals surface area contributed by atoms with Crippen LogP contribution in [0.2, 0.25) is 0 Å². The quantitative estimate of drug-likeness (QED) is 0.289. The lowest BCUT2D eigenvalue weighted by Gasteiger charge is -2.24. The van der Waals surface area contributed by atoms with Crippen LogP contribution in [-0.4, -0.2) is 45.4 Å². The number of nitro groups is 1.